The summed E-state index contributed by atoms with van der Waals surface area (Å²) in [7, 11) is 0. The molecular formula is C24H38O7. The fraction of sp³-hybridized carbons (Fsp3) is 0.917. The van der Waals surface area contributed by atoms with E-state index in [4.69, 9.17) is 5.11 Å². The minimum atomic E-state index is -1.88. The zero-order valence-electron chi connectivity index (χ0n) is 18.8. The second kappa shape index (κ2) is 7.51. The van der Waals surface area contributed by atoms with E-state index in [-0.39, 0.29) is 54.6 Å². The molecule has 4 saturated carbocycles. The monoisotopic (exact) mass is 438 g/mol. The van der Waals surface area contributed by atoms with Crippen molar-refractivity contribution in [1.82, 2.24) is 0 Å². The molecule has 0 aromatic heterocycles. The van der Waals surface area contributed by atoms with Crippen LogP contribution in [0, 0.1) is 46.3 Å². The van der Waals surface area contributed by atoms with E-state index in [1.54, 1.807) is 0 Å². The average Bonchev–Trinajstić information content (AvgIpc) is 3.05. The molecule has 5 N–H and O–H groups in total. The Morgan fingerprint density at radius 2 is 1.81 bits per heavy atom. The molecule has 0 saturated heterocycles. The number of aliphatic carboxylic acids is 1. The maximum atomic E-state index is 13.3. The number of aliphatic hydroxyl groups excluding tert-OH is 2. The van der Waals surface area contributed by atoms with Crippen molar-refractivity contribution in [3.8, 4) is 0 Å². The summed E-state index contributed by atoms with van der Waals surface area (Å²) in [5.41, 5.74) is -0.929. The van der Waals surface area contributed by atoms with Crippen molar-refractivity contribution in [3.05, 3.63) is 0 Å². The topological polar surface area (TPSA) is 135 Å². The number of aliphatic hydroxyl groups is 4. The Morgan fingerprint density at radius 1 is 1.13 bits per heavy atom. The quantitative estimate of drug-likeness (QED) is 0.423. The van der Waals surface area contributed by atoms with Crippen LogP contribution >= 0.6 is 0 Å². The standard InChI is InChI=1S/C24H38O7/c1-12(4-7-18(26)27)13-5-6-14-19-15(10-17(25)23(13,14)3)22(2)8-9-24(30,31)11-16(22)20(28)21(19)29/h12-17,19,21,25,29-31H,4-11H2,1-3H3,(H,26,27)/t12-,13-,14+,15+,16+,17+,19+,21+,22-,23-/m1/s1. The van der Waals surface area contributed by atoms with Crippen LogP contribution in [0.3, 0.4) is 0 Å². The molecular weight excluding hydrogens is 400 g/mol. The van der Waals surface area contributed by atoms with Gasteiger partial charge in [0.2, 0.25) is 0 Å². The van der Waals surface area contributed by atoms with Gasteiger partial charge in [0, 0.05) is 25.2 Å². The van der Waals surface area contributed by atoms with Crippen molar-refractivity contribution in [3.63, 3.8) is 0 Å². The molecule has 0 aromatic carbocycles. The van der Waals surface area contributed by atoms with Gasteiger partial charge in [-0.2, -0.15) is 0 Å². The molecule has 0 amide bonds. The Balaban J connectivity index is 1.66. The van der Waals surface area contributed by atoms with Crippen molar-refractivity contribution >= 4 is 11.8 Å². The lowest BCUT2D eigenvalue weighted by molar-refractivity contribution is -0.246. The lowest BCUT2D eigenvalue weighted by Crippen LogP contribution is -2.66. The van der Waals surface area contributed by atoms with Gasteiger partial charge in [-0.05, 0) is 72.5 Å². The number of hydrogen-bond acceptors (Lipinski definition) is 6. The summed E-state index contributed by atoms with van der Waals surface area (Å²) in [6.07, 6.45) is 1.69. The third-order valence-corrected chi connectivity index (χ3v) is 10.2. The molecule has 176 valence electrons. The summed E-state index contributed by atoms with van der Waals surface area (Å²) >= 11 is 0. The molecule has 0 bridgehead atoms. The van der Waals surface area contributed by atoms with Crippen LogP contribution in [0.5, 0.6) is 0 Å². The minimum Gasteiger partial charge on any atom is -0.481 e. The maximum absolute atomic E-state index is 13.3. The molecule has 0 radical (unpaired) electrons. The number of carbonyl (C=O) groups is 2. The first-order valence-corrected chi connectivity index (χ1v) is 11.9. The van der Waals surface area contributed by atoms with Crippen LogP contribution in [0.2, 0.25) is 0 Å². The zero-order valence-corrected chi connectivity index (χ0v) is 18.8. The van der Waals surface area contributed by atoms with Crippen LogP contribution in [-0.2, 0) is 9.59 Å². The zero-order chi connectivity index (χ0) is 22.9. The number of carboxylic acids is 1. The van der Waals surface area contributed by atoms with E-state index in [9.17, 15) is 30.0 Å². The molecule has 0 aromatic rings. The summed E-state index contributed by atoms with van der Waals surface area (Å²) in [6, 6.07) is 0. The molecule has 0 unspecified atom stereocenters. The maximum Gasteiger partial charge on any atom is 0.303 e. The van der Waals surface area contributed by atoms with E-state index < -0.39 is 40.7 Å². The first-order valence-electron chi connectivity index (χ1n) is 11.9. The van der Waals surface area contributed by atoms with Gasteiger partial charge in [0.05, 0.1) is 6.10 Å². The molecule has 31 heavy (non-hydrogen) atoms. The Bertz CT molecular complexity index is 750. The highest BCUT2D eigenvalue weighted by molar-refractivity contribution is 5.87. The third kappa shape index (κ3) is 3.38. The van der Waals surface area contributed by atoms with Crippen LogP contribution in [0.15, 0.2) is 0 Å². The largest absolute Gasteiger partial charge is 0.481 e. The van der Waals surface area contributed by atoms with Crippen LogP contribution in [-0.4, -0.2) is 55.3 Å². The first kappa shape index (κ1) is 23.1. The summed E-state index contributed by atoms with van der Waals surface area (Å²) in [5, 5.41) is 52.1. The van der Waals surface area contributed by atoms with Crippen molar-refractivity contribution in [2.45, 2.75) is 90.1 Å². The summed E-state index contributed by atoms with van der Waals surface area (Å²) in [4.78, 5) is 24.3. The van der Waals surface area contributed by atoms with E-state index >= 15 is 0 Å². The molecule has 4 aliphatic rings. The van der Waals surface area contributed by atoms with Crippen molar-refractivity contribution in [2.75, 3.05) is 0 Å². The van der Waals surface area contributed by atoms with E-state index in [1.807, 2.05) is 6.92 Å². The van der Waals surface area contributed by atoms with Crippen LogP contribution in [0.4, 0.5) is 0 Å². The van der Waals surface area contributed by atoms with Gasteiger partial charge < -0.3 is 25.5 Å². The van der Waals surface area contributed by atoms with Gasteiger partial charge >= 0.3 is 5.97 Å². The molecule has 7 nitrogen and oxygen atoms in total. The van der Waals surface area contributed by atoms with Crippen molar-refractivity contribution < 1.29 is 35.1 Å². The Hall–Kier alpha value is -1.02. The lowest BCUT2D eigenvalue weighted by Gasteiger charge is -2.63. The number of carbonyl (C=O) groups excluding carboxylic acids is 1. The van der Waals surface area contributed by atoms with Gasteiger partial charge in [-0.1, -0.05) is 20.8 Å². The smallest absolute Gasteiger partial charge is 0.303 e. The van der Waals surface area contributed by atoms with Gasteiger partial charge in [0.25, 0.3) is 0 Å². The predicted octanol–water partition coefficient (Wildman–Crippen LogP) is 1.95. The van der Waals surface area contributed by atoms with Crippen LogP contribution < -0.4 is 0 Å². The molecule has 0 aliphatic heterocycles. The first-order chi connectivity index (χ1) is 14.3. The summed E-state index contributed by atoms with van der Waals surface area (Å²) in [5.74, 6) is -3.62. The molecule has 7 heteroatoms. The molecule has 0 heterocycles. The lowest BCUT2D eigenvalue weighted by atomic mass is 9.42. The number of Topliss-reactive ketones (excluding diaryl/α,β-unsaturated/α-hetero) is 1. The summed E-state index contributed by atoms with van der Waals surface area (Å²) in [6.45, 7) is 6.17. The highest BCUT2D eigenvalue weighted by Gasteiger charge is 2.68. The fourth-order valence-corrected chi connectivity index (χ4v) is 8.46. The number of hydrogen-bond donors (Lipinski definition) is 5. The van der Waals surface area contributed by atoms with Crippen LogP contribution in [0.25, 0.3) is 0 Å². The van der Waals surface area contributed by atoms with Gasteiger partial charge in [-0.25, -0.2) is 0 Å². The molecule has 4 aliphatic carbocycles. The second-order valence-corrected chi connectivity index (χ2v) is 11.6. The van der Waals surface area contributed by atoms with Crippen molar-refractivity contribution in [2.24, 2.45) is 46.3 Å². The Labute approximate surface area is 183 Å². The summed E-state index contributed by atoms with van der Waals surface area (Å²) < 4.78 is 0. The number of carboxylic acid groups (broad SMARTS) is 1. The minimum absolute atomic E-state index is 0.00908. The van der Waals surface area contributed by atoms with Gasteiger partial charge in [-0.3, -0.25) is 9.59 Å². The Morgan fingerprint density at radius 3 is 2.45 bits per heavy atom. The third-order valence-electron chi connectivity index (χ3n) is 10.2. The predicted molar refractivity (Wildman–Crippen MR) is 112 cm³/mol. The SMILES string of the molecule is C[C@H](CCC(=O)O)[C@H]1CC[C@H]2[C@@H]3[C@H](O)C(=O)[C@@H]4CC(O)(O)CC[C@]4(C)[C@H]3C[C@H](O)[C@]12C. The molecule has 10 atom stereocenters. The molecule has 0 spiro atoms. The fourth-order valence-electron chi connectivity index (χ4n) is 8.46. The van der Waals surface area contributed by atoms with E-state index in [2.05, 4.69) is 13.8 Å². The number of rotatable bonds is 4. The number of fused-ring (bicyclic) bond motifs is 5. The normalized spacial score (nSPS) is 49.6. The van der Waals surface area contributed by atoms with Gasteiger partial charge in [0.15, 0.2) is 11.6 Å². The highest BCUT2D eigenvalue weighted by atomic mass is 16.5. The molecule has 4 rings (SSSR count). The second-order valence-electron chi connectivity index (χ2n) is 11.6. The highest BCUT2D eigenvalue weighted by Crippen LogP contribution is 2.68. The van der Waals surface area contributed by atoms with Crippen LogP contribution in [0.1, 0.15) is 72.1 Å². The van der Waals surface area contributed by atoms with Gasteiger partial charge in [0.1, 0.15) is 6.10 Å². The average molecular weight is 439 g/mol. The van der Waals surface area contributed by atoms with E-state index in [0.717, 1.165) is 12.8 Å². The van der Waals surface area contributed by atoms with Crippen molar-refractivity contribution in [1.29, 1.82) is 0 Å². The molecule has 4 fully saturated rings. The van der Waals surface area contributed by atoms with E-state index in [1.165, 1.54) is 0 Å². The van der Waals surface area contributed by atoms with Gasteiger partial charge in [-0.15, -0.1) is 0 Å². The Kier molecular flexibility index (Phi) is 5.60. The van der Waals surface area contributed by atoms with E-state index in [0.29, 0.717) is 19.3 Å². The number of ketones is 1.